The van der Waals surface area contributed by atoms with Gasteiger partial charge in [0, 0.05) is 23.7 Å². The number of hydrogen-bond donors (Lipinski definition) is 1. The first-order chi connectivity index (χ1) is 12.4. The van der Waals surface area contributed by atoms with Gasteiger partial charge in [0.1, 0.15) is 17.2 Å². The normalized spacial score (nSPS) is 13.5. The molecule has 4 heteroatoms. The molecule has 0 unspecified atom stereocenters. The van der Waals surface area contributed by atoms with E-state index in [2.05, 4.69) is 37.1 Å². The van der Waals surface area contributed by atoms with E-state index >= 15 is 0 Å². The highest BCUT2D eigenvalue weighted by atomic mass is 16.5. The Kier molecular flexibility index (Phi) is 5.31. The quantitative estimate of drug-likeness (QED) is 0.738. The minimum absolute atomic E-state index is 0.121. The van der Waals surface area contributed by atoms with Gasteiger partial charge in [-0.25, -0.2) is 0 Å². The summed E-state index contributed by atoms with van der Waals surface area (Å²) in [5.41, 5.74) is 3.32. The standard InChI is InChI=1S/C22H26N2O2/c1-16-12-17(24-18-10-11-23-14-18)8-9-21(16)26-20-7-5-6-19(13-20)25-15-22(2,3)4/h5-13,24H,14-15H2,1-4H3. The Hall–Kier alpha value is -2.75. The molecule has 1 aliphatic rings. The number of rotatable bonds is 6. The van der Waals surface area contributed by atoms with Crippen LogP contribution in [0.2, 0.25) is 0 Å². The molecule has 0 aliphatic carbocycles. The average molecular weight is 350 g/mol. The van der Waals surface area contributed by atoms with Crippen molar-refractivity contribution < 1.29 is 9.47 Å². The number of allylic oxidation sites excluding steroid dienone is 1. The van der Waals surface area contributed by atoms with Crippen molar-refractivity contribution in [1.82, 2.24) is 0 Å². The highest BCUT2D eigenvalue weighted by molar-refractivity contribution is 5.76. The van der Waals surface area contributed by atoms with Crippen LogP contribution in [0.3, 0.4) is 0 Å². The highest BCUT2D eigenvalue weighted by Crippen LogP contribution is 2.30. The number of benzene rings is 2. The van der Waals surface area contributed by atoms with E-state index in [1.165, 1.54) is 0 Å². The maximum Gasteiger partial charge on any atom is 0.131 e. The molecule has 26 heavy (non-hydrogen) atoms. The minimum Gasteiger partial charge on any atom is -0.493 e. The Labute approximate surface area is 155 Å². The summed E-state index contributed by atoms with van der Waals surface area (Å²) in [4.78, 5) is 4.18. The van der Waals surface area contributed by atoms with E-state index in [1.54, 1.807) is 0 Å². The molecule has 0 saturated carbocycles. The summed E-state index contributed by atoms with van der Waals surface area (Å²) >= 11 is 0. The zero-order valence-corrected chi connectivity index (χ0v) is 15.9. The molecule has 1 heterocycles. The maximum atomic E-state index is 6.06. The number of nitrogens with one attached hydrogen (secondary N) is 1. The molecular formula is C22H26N2O2. The van der Waals surface area contributed by atoms with Crippen molar-refractivity contribution in [2.45, 2.75) is 27.7 Å². The van der Waals surface area contributed by atoms with Crippen LogP contribution < -0.4 is 14.8 Å². The van der Waals surface area contributed by atoms with Crippen LogP contribution in [-0.4, -0.2) is 19.4 Å². The average Bonchev–Trinajstić information content (AvgIpc) is 3.08. The van der Waals surface area contributed by atoms with Gasteiger partial charge in [-0.15, -0.1) is 0 Å². The van der Waals surface area contributed by atoms with Gasteiger partial charge < -0.3 is 14.8 Å². The first kappa shape index (κ1) is 18.1. The molecule has 1 aliphatic heterocycles. The molecule has 0 fully saturated rings. The molecule has 2 aromatic carbocycles. The summed E-state index contributed by atoms with van der Waals surface area (Å²) in [7, 11) is 0. The van der Waals surface area contributed by atoms with E-state index in [-0.39, 0.29) is 5.41 Å². The van der Waals surface area contributed by atoms with Gasteiger partial charge in [-0.1, -0.05) is 26.8 Å². The first-order valence-electron chi connectivity index (χ1n) is 8.86. The lowest BCUT2D eigenvalue weighted by atomic mass is 9.99. The summed E-state index contributed by atoms with van der Waals surface area (Å²) in [5, 5.41) is 3.37. The first-order valence-corrected chi connectivity index (χ1v) is 8.86. The van der Waals surface area contributed by atoms with E-state index in [9.17, 15) is 0 Å². The van der Waals surface area contributed by atoms with Crippen LogP contribution in [0.4, 0.5) is 5.69 Å². The van der Waals surface area contributed by atoms with Gasteiger partial charge >= 0.3 is 0 Å². The molecule has 0 spiro atoms. The third kappa shape index (κ3) is 5.12. The fraction of sp³-hybridized carbons (Fsp3) is 0.318. The summed E-state index contributed by atoms with van der Waals surface area (Å²) in [6.07, 6.45) is 3.81. The van der Waals surface area contributed by atoms with Crippen molar-refractivity contribution in [3.8, 4) is 17.2 Å². The number of aryl methyl sites for hydroxylation is 1. The lowest BCUT2D eigenvalue weighted by Crippen LogP contribution is -2.16. The molecule has 0 radical (unpaired) electrons. The Morgan fingerprint density at radius 2 is 1.88 bits per heavy atom. The molecule has 136 valence electrons. The van der Waals surface area contributed by atoms with Crippen LogP contribution in [-0.2, 0) is 0 Å². The van der Waals surface area contributed by atoms with E-state index in [0.717, 1.165) is 34.2 Å². The monoisotopic (exact) mass is 350 g/mol. The smallest absolute Gasteiger partial charge is 0.131 e. The highest BCUT2D eigenvalue weighted by Gasteiger charge is 2.11. The van der Waals surface area contributed by atoms with E-state index in [1.807, 2.05) is 55.6 Å². The number of hydrogen-bond acceptors (Lipinski definition) is 4. The van der Waals surface area contributed by atoms with E-state index < -0.39 is 0 Å². The molecule has 0 bridgehead atoms. The lowest BCUT2D eigenvalue weighted by molar-refractivity contribution is 0.197. The summed E-state index contributed by atoms with van der Waals surface area (Å²) in [5.74, 6) is 2.42. The molecular weight excluding hydrogens is 324 g/mol. The fourth-order valence-electron chi connectivity index (χ4n) is 2.51. The second kappa shape index (κ2) is 7.65. The SMILES string of the molecule is Cc1cc(NC2=CC=NC2)ccc1Oc1cccc(OCC(C)(C)C)c1. The van der Waals surface area contributed by atoms with Gasteiger partial charge in [0.15, 0.2) is 0 Å². The molecule has 0 atom stereocenters. The number of nitrogens with zero attached hydrogens (tertiary/aromatic N) is 1. The summed E-state index contributed by atoms with van der Waals surface area (Å²) in [6, 6.07) is 13.8. The Balaban J connectivity index is 1.66. The topological polar surface area (TPSA) is 42.9 Å². The van der Waals surface area contributed by atoms with Gasteiger partial charge in [0.05, 0.1) is 13.2 Å². The molecule has 1 N–H and O–H groups in total. The minimum atomic E-state index is 0.121. The molecule has 3 rings (SSSR count). The number of aliphatic imine (C=N–C) groups is 1. The second-order valence-electron chi connectivity index (χ2n) is 7.71. The predicted molar refractivity (Wildman–Crippen MR) is 108 cm³/mol. The van der Waals surface area contributed by atoms with Crippen LogP contribution in [0.1, 0.15) is 26.3 Å². The third-order valence-corrected chi connectivity index (χ3v) is 3.83. The predicted octanol–water partition coefficient (Wildman–Crippen LogP) is 5.59. The zero-order chi connectivity index (χ0) is 18.6. The van der Waals surface area contributed by atoms with Gasteiger partial charge in [-0.2, -0.15) is 0 Å². The largest absolute Gasteiger partial charge is 0.493 e. The summed E-state index contributed by atoms with van der Waals surface area (Å²) < 4.78 is 11.9. The molecule has 0 amide bonds. The van der Waals surface area contributed by atoms with E-state index in [4.69, 9.17) is 9.47 Å². The Morgan fingerprint density at radius 1 is 1.08 bits per heavy atom. The van der Waals surface area contributed by atoms with Gasteiger partial charge in [-0.05, 0) is 54.3 Å². The van der Waals surface area contributed by atoms with Crippen molar-refractivity contribution in [2.75, 3.05) is 18.5 Å². The number of ether oxygens (including phenoxy) is 2. The van der Waals surface area contributed by atoms with Crippen molar-refractivity contribution in [1.29, 1.82) is 0 Å². The third-order valence-electron chi connectivity index (χ3n) is 3.83. The van der Waals surface area contributed by atoms with Crippen molar-refractivity contribution in [3.63, 3.8) is 0 Å². The van der Waals surface area contributed by atoms with Gasteiger partial charge in [0.25, 0.3) is 0 Å². The maximum absolute atomic E-state index is 6.06. The summed E-state index contributed by atoms with van der Waals surface area (Å²) in [6.45, 7) is 9.87. The van der Waals surface area contributed by atoms with Crippen LogP contribution in [0.15, 0.2) is 59.2 Å². The fourth-order valence-corrected chi connectivity index (χ4v) is 2.51. The van der Waals surface area contributed by atoms with Crippen molar-refractivity contribution in [2.24, 2.45) is 10.4 Å². The molecule has 2 aromatic rings. The van der Waals surface area contributed by atoms with Crippen LogP contribution in [0.5, 0.6) is 17.2 Å². The van der Waals surface area contributed by atoms with Crippen LogP contribution in [0, 0.1) is 12.3 Å². The van der Waals surface area contributed by atoms with Crippen molar-refractivity contribution >= 4 is 11.9 Å². The van der Waals surface area contributed by atoms with Gasteiger partial charge in [0.2, 0.25) is 0 Å². The van der Waals surface area contributed by atoms with E-state index in [0.29, 0.717) is 13.2 Å². The molecule has 0 saturated heterocycles. The number of anilines is 1. The molecule has 4 nitrogen and oxygen atoms in total. The Morgan fingerprint density at radius 3 is 2.58 bits per heavy atom. The van der Waals surface area contributed by atoms with Crippen LogP contribution in [0.25, 0.3) is 0 Å². The lowest BCUT2D eigenvalue weighted by Gasteiger charge is -2.19. The zero-order valence-electron chi connectivity index (χ0n) is 15.9. The van der Waals surface area contributed by atoms with Crippen molar-refractivity contribution in [3.05, 3.63) is 59.8 Å². The Bertz CT molecular complexity index is 832. The van der Waals surface area contributed by atoms with Gasteiger partial charge in [-0.3, -0.25) is 4.99 Å². The second-order valence-corrected chi connectivity index (χ2v) is 7.71. The van der Waals surface area contributed by atoms with Crippen LogP contribution >= 0.6 is 0 Å². The molecule has 0 aromatic heterocycles.